The molecule has 1 aromatic rings. The van der Waals surface area contributed by atoms with E-state index in [0.717, 1.165) is 32.1 Å². The summed E-state index contributed by atoms with van der Waals surface area (Å²) in [5, 5.41) is 0. The van der Waals surface area contributed by atoms with E-state index in [0.29, 0.717) is 5.75 Å². The molecule has 100 valence electrons. The predicted molar refractivity (Wildman–Crippen MR) is 74.6 cm³/mol. The van der Waals surface area contributed by atoms with Crippen LogP contribution in [0.3, 0.4) is 0 Å². The van der Waals surface area contributed by atoms with Crippen molar-refractivity contribution in [1.82, 2.24) is 0 Å². The van der Waals surface area contributed by atoms with Crippen LogP contribution in [0.2, 0.25) is 0 Å². The largest absolute Gasteiger partial charge is 0.426 e. The molecule has 0 spiro atoms. The van der Waals surface area contributed by atoms with Gasteiger partial charge in [-0.2, -0.15) is 0 Å². The monoisotopic (exact) mass is 248 g/mol. The molecule has 0 bridgehead atoms. The lowest BCUT2D eigenvalue weighted by atomic mass is 9.78. The molecule has 2 heteroatoms. The molecule has 0 saturated carbocycles. The Bertz CT molecular complexity index is 353. The summed E-state index contributed by atoms with van der Waals surface area (Å²) in [5.74, 6) is 0.567. The first-order valence-corrected chi connectivity index (χ1v) is 6.96. The van der Waals surface area contributed by atoms with Gasteiger partial charge in [0.25, 0.3) is 0 Å². The number of carbonyl (C=O) groups excluding carboxylic acids is 1. The van der Waals surface area contributed by atoms with Gasteiger partial charge in [0.1, 0.15) is 5.75 Å². The van der Waals surface area contributed by atoms with Crippen LogP contribution >= 0.6 is 0 Å². The first kappa shape index (κ1) is 14.7. The zero-order valence-corrected chi connectivity index (χ0v) is 11.7. The Kier molecular flexibility index (Phi) is 5.90. The molecule has 2 nitrogen and oxygen atoms in total. The molecule has 0 aromatic heterocycles. The van der Waals surface area contributed by atoms with E-state index in [-0.39, 0.29) is 11.4 Å². The summed E-state index contributed by atoms with van der Waals surface area (Å²) in [6, 6.07) is 9.34. The number of unbranched alkanes of at least 4 members (excludes halogenated alkanes) is 1. The van der Waals surface area contributed by atoms with E-state index in [4.69, 9.17) is 4.74 Å². The number of hydrogen-bond acceptors (Lipinski definition) is 2. The Morgan fingerprint density at radius 3 is 2.22 bits per heavy atom. The van der Waals surface area contributed by atoms with Crippen LogP contribution < -0.4 is 4.74 Å². The smallest absolute Gasteiger partial charge is 0.317 e. The normalized spacial score (nSPS) is 11.3. The fourth-order valence-electron chi connectivity index (χ4n) is 2.21. The summed E-state index contributed by atoms with van der Waals surface area (Å²) >= 11 is 0. The minimum absolute atomic E-state index is 0.0767. The van der Waals surface area contributed by atoms with Crippen molar-refractivity contribution in [2.45, 2.75) is 52.9 Å². The van der Waals surface area contributed by atoms with Gasteiger partial charge < -0.3 is 4.74 Å². The van der Waals surface area contributed by atoms with E-state index in [1.807, 2.05) is 30.3 Å². The van der Waals surface area contributed by atoms with Gasteiger partial charge in [0.15, 0.2) is 0 Å². The van der Waals surface area contributed by atoms with Crippen molar-refractivity contribution in [3.05, 3.63) is 30.3 Å². The summed E-state index contributed by atoms with van der Waals surface area (Å²) < 4.78 is 5.52. The molecule has 0 amide bonds. The number of carbonyl (C=O) groups is 1. The third-order valence-electron chi connectivity index (χ3n) is 3.75. The van der Waals surface area contributed by atoms with Gasteiger partial charge in [-0.1, -0.05) is 51.8 Å². The van der Waals surface area contributed by atoms with Crippen LogP contribution in [0.1, 0.15) is 52.9 Å². The van der Waals surface area contributed by atoms with Crippen LogP contribution in [-0.2, 0) is 4.79 Å². The highest BCUT2D eigenvalue weighted by molar-refractivity contribution is 5.79. The van der Waals surface area contributed by atoms with Gasteiger partial charge in [-0.05, 0) is 31.4 Å². The second kappa shape index (κ2) is 7.20. The lowest BCUT2D eigenvalue weighted by molar-refractivity contribution is -0.147. The predicted octanol–water partition coefficient (Wildman–Crippen LogP) is 4.59. The highest BCUT2D eigenvalue weighted by Crippen LogP contribution is 2.34. The third-order valence-corrected chi connectivity index (χ3v) is 3.75. The molecule has 1 aromatic carbocycles. The Labute approximate surface area is 110 Å². The average Bonchev–Trinajstić information content (AvgIpc) is 2.42. The van der Waals surface area contributed by atoms with Gasteiger partial charge >= 0.3 is 5.97 Å². The SMILES string of the molecule is CCCCC(CC)(CC)C(=O)Oc1ccccc1. The maximum Gasteiger partial charge on any atom is 0.317 e. The van der Waals surface area contributed by atoms with Crippen LogP contribution in [-0.4, -0.2) is 5.97 Å². The molecular formula is C16H24O2. The maximum absolute atomic E-state index is 12.4. The van der Waals surface area contributed by atoms with Crippen LogP contribution in [0.15, 0.2) is 30.3 Å². The lowest BCUT2D eigenvalue weighted by Crippen LogP contribution is -2.34. The van der Waals surface area contributed by atoms with Crippen LogP contribution in [0, 0.1) is 5.41 Å². The number of rotatable bonds is 7. The summed E-state index contributed by atoms with van der Waals surface area (Å²) in [6.45, 7) is 6.30. The second-order valence-electron chi connectivity index (χ2n) is 4.79. The van der Waals surface area contributed by atoms with Crippen LogP contribution in [0.4, 0.5) is 0 Å². The van der Waals surface area contributed by atoms with Gasteiger partial charge in [-0.15, -0.1) is 0 Å². The van der Waals surface area contributed by atoms with Crippen molar-refractivity contribution in [3.8, 4) is 5.75 Å². The Morgan fingerprint density at radius 1 is 1.11 bits per heavy atom. The van der Waals surface area contributed by atoms with E-state index in [1.54, 1.807) is 0 Å². The van der Waals surface area contributed by atoms with Gasteiger partial charge in [0, 0.05) is 0 Å². The van der Waals surface area contributed by atoms with Crippen LogP contribution in [0.25, 0.3) is 0 Å². The van der Waals surface area contributed by atoms with Gasteiger partial charge in [0.05, 0.1) is 5.41 Å². The number of ether oxygens (including phenoxy) is 1. The molecule has 0 aliphatic heterocycles. The summed E-state index contributed by atoms with van der Waals surface area (Å²) in [6.07, 6.45) is 4.79. The molecule has 0 fully saturated rings. The van der Waals surface area contributed by atoms with Gasteiger partial charge in [-0.3, -0.25) is 4.79 Å². The number of para-hydroxylation sites is 1. The van der Waals surface area contributed by atoms with E-state index in [1.165, 1.54) is 0 Å². The van der Waals surface area contributed by atoms with Crippen molar-refractivity contribution in [1.29, 1.82) is 0 Å². The van der Waals surface area contributed by atoms with E-state index in [9.17, 15) is 4.79 Å². The lowest BCUT2D eigenvalue weighted by Gasteiger charge is -2.29. The van der Waals surface area contributed by atoms with Gasteiger partial charge in [-0.25, -0.2) is 0 Å². The van der Waals surface area contributed by atoms with Crippen molar-refractivity contribution in [2.75, 3.05) is 0 Å². The first-order valence-electron chi connectivity index (χ1n) is 6.96. The zero-order valence-electron chi connectivity index (χ0n) is 11.7. The quantitative estimate of drug-likeness (QED) is 0.521. The average molecular weight is 248 g/mol. The standard InChI is InChI=1S/C16H24O2/c1-4-7-13-16(5-2,6-3)15(17)18-14-11-9-8-10-12-14/h8-12H,4-7,13H2,1-3H3. The molecule has 0 heterocycles. The van der Waals surface area contributed by atoms with E-state index >= 15 is 0 Å². The maximum atomic E-state index is 12.4. The zero-order chi connectivity index (χ0) is 13.4. The molecule has 0 saturated heterocycles. The fraction of sp³-hybridized carbons (Fsp3) is 0.562. The molecule has 0 N–H and O–H groups in total. The second-order valence-corrected chi connectivity index (χ2v) is 4.79. The number of esters is 1. The summed E-state index contributed by atoms with van der Waals surface area (Å²) in [7, 11) is 0. The van der Waals surface area contributed by atoms with Crippen molar-refractivity contribution in [2.24, 2.45) is 5.41 Å². The molecule has 0 atom stereocenters. The molecule has 0 unspecified atom stereocenters. The number of benzene rings is 1. The first-order chi connectivity index (χ1) is 8.68. The minimum atomic E-state index is -0.314. The van der Waals surface area contributed by atoms with Gasteiger partial charge in [0.2, 0.25) is 0 Å². The molecular weight excluding hydrogens is 224 g/mol. The molecule has 0 aliphatic carbocycles. The summed E-state index contributed by atoms with van der Waals surface area (Å²) in [4.78, 5) is 12.4. The minimum Gasteiger partial charge on any atom is -0.426 e. The highest BCUT2D eigenvalue weighted by atomic mass is 16.5. The molecule has 1 rings (SSSR count). The molecule has 0 aliphatic rings. The van der Waals surface area contributed by atoms with E-state index in [2.05, 4.69) is 20.8 Å². The highest BCUT2D eigenvalue weighted by Gasteiger charge is 2.36. The molecule has 0 radical (unpaired) electrons. The fourth-order valence-corrected chi connectivity index (χ4v) is 2.21. The van der Waals surface area contributed by atoms with Crippen molar-refractivity contribution < 1.29 is 9.53 Å². The Balaban J connectivity index is 2.76. The Hall–Kier alpha value is -1.31. The van der Waals surface area contributed by atoms with Crippen molar-refractivity contribution in [3.63, 3.8) is 0 Å². The third kappa shape index (κ3) is 3.59. The number of hydrogen-bond donors (Lipinski definition) is 0. The molecule has 18 heavy (non-hydrogen) atoms. The summed E-state index contributed by atoms with van der Waals surface area (Å²) in [5.41, 5.74) is -0.314. The van der Waals surface area contributed by atoms with Crippen molar-refractivity contribution >= 4 is 5.97 Å². The van der Waals surface area contributed by atoms with E-state index < -0.39 is 0 Å². The van der Waals surface area contributed by atoms with Crippen LogP contribution in [0.5, 0.6) is 5.75 Å². The topological polar surface area (TPSA) is 26.3 Å². The Morgan fingerprint density at radius 2 is 1.72 bits per heavy atom.